The summed E-state index contributed by atoms with van der Waals surface area (Å²) in [5, 5.41) is 4.46. The second kappa shape index (κ2) is 3.27. The van der Waals surface area contributed by atoms with E-state index in [2.05, 4.69) is 5.10 Å². The Bertz CT molecular complexity index is 490. The molecule has 2 rings (SSSR count). The highest BCUT2D eigenvalue weighted by atomic mass is 19.3. The van der Waals surface area contributed by atoms with Crippen LogP contribution in [0.5, 0.6) is 0 Å². The molecule has 0 bridgehead atoms. The van der Waals surface area contributed by atoms with Gasteiger partial charge in [-0.3, -0.25) is 4.68 Å². The molecule has 1 heterocycles. The summed E-state index contributed by atoms with van der Waals surface area (Å²) in [5.74, 6) is -3.04. The average Bonchev–Trinajstić information content (AvgIpc) is 2.54. The molecule has 0 aliphatic rings. The number of fused-ring (bicyclic) bond motifs is 1. The van der Waals surface area contributed by atoms with E-state index in [1.807, 2.05) is 0 Å². The molecule has 0 radical (unpaired) electrons. The highest BCUT2D eigenvalue weighted by Crippen LogP contribution is 2.32. The van der Waals surface area contributed by atoms with Crippen LogP contribution < -0.4 is 5.73 Å². The van der Waals surface area contributed by atoms with Crippen molar-refractivity contribution in [1.29, 1.82) is 0 Å². The van der Waals surface area contributed by atoms with E-state index in [0.717, 1.165) is 0 Å². The standard InChI is InChI=1S/C10H11F2N3/c1-15-9(10(11,12)6-13)7-4-2-3-5-8(7)14-15/h2-5H,6,13H2,1H3. The maximum absolute atomic E-state index is 13.5. The Labute approximate surface area is 85.5 Å². The minimum atomic E-state index is -3.04. The van der Waals surface area contributed by atoms with Gasteiger partial charge in [0, 0.05) is 12.4 Å². The summed E-state index contributed by atoms with van der Waals surface area (Å²) in [6.07, 6.45) is 0. The number of rotatable bonds is 2. The number of nitrogens with two attached hydrogens (primary N) is 1. The number of hydrogen-bond acceptors (Lipinski definition) is 2. The molecule has 0 atom stereocenters. The smallest absolute Gasteiger partial charge is 0.301 e. The zero-order valence-electron chi connectivity index (χ0n) is 8.24. The van der Waals surface area contributed by atoms with Crippen LogP contribution in [-0.4, -0.2) is 16.3 Å². The van der Waals surface area contributed by atoms with Gasteiger partial charge in [-0.25, -0.2) is 0 Å². The fourth-order valence-electron chi connectivity index (χ4n) is 1.68. The van der Waals surface area contributed by atoms with Gasteiger partial charge >= 0.3 is 5.92 Å². The SMILES string of the molecule is Cn1nc2ccccc2c1C(F)(F)CN. The summed E-state index contributed by atoms with van der Waals surface area (Å²) in [6.45, 7) is -0.712. The van der Waals surface area contributed by atoms with Gasteiger partial charge in [0.15, 0.2) is 0 Å². The third kappa shape index (κ3) is 1.48. The van der Waals surface area contributed by atoms with E-state index >= 15 is 0 Å². The number of halogens is 2. The third-order valence-electron chi connectivity index (χ3n) is 2.34. The van der Waals surface area contributed by atoms with E-state index in [0.29, 0.717) is 10.9 Å². The molecule has 80 valence electrons. The van der Waals surface area contributed by atoms with Gasteiger partial charge in [0.2, 0.25) is 0 Å². The second-order valence-corrected chi connectivity index (χ2v) is 3.40. The van der Waals surface area contributed by atoms with Gasteiger partial charge in [0.25, 0.3) is 0 Å². The van der Waals surface area contributed by atoms with E-state index in [1.165, 1.54) is 11.7 Å². The lowest BCUT2D eigenvalue weighted by Crippen LogP contribution is -2.27. The molecule has 2 N–H and O–H groups in total. The minimum Gasteiger partial charge on any atom is -0.325 e. The summed E-state index contributed by atoms with van der Waals surface area (Å²) in [5.41, 5.74) is 5.50. The first kappa shape index (κ1) is 10.0. The molecule has 3 nitrogen and oxygen atoms in total. The molecule has 0 saturated carbocycles. The van der Waals surface area contributed by atoms with Gasteiger partial charge in [-0.1, -0.05) is 18.2 Å². The van der Waals surface area contributed by atoms with Crippen molar-refractivity contribution in [3.63, 3.8) is 0 Å². The van der Waals surface area contributed by atoms with Crippen LogP contribution >= 0.6 is 0 Å². The summed E-state index contributed by atoms with van der Waals surface area (Å²) in [6, 6.07) is 6.80. The monoisotopic (exact) mass is 211 g/mol. The number of aryl methyl sites for hydroxylation is 1. The van der Waals surface area contributed by atoms with E-state index in [9.17, 15) is 8.78 Å². The Morgan fingerprint density at radius 3 is 2.73 bits per heavy atom. The van der Waals surface area contributed by atoms with Crippen molar-refractivity contribution in [2.45, 2.75) is 5.92 Å². The van der Waals surface area contributed by atoms with Crippen molar-refractivity contribution in [2.24, 2.45) is 12.8 Å². The molecule has 2 aromatic rings. The van der Waals surface area contributed by atoms with Crippen LogP contribution in [-0.2, 0) is 13.0 Å². The van der Waals surface area contributed by atoms with Crippen LogP contribution in [0.15, 0.2) is 24.3 Å². The number of benzene rings is 1. The van der Waals surface area contributed by atoms with Crippen molar-refractivity contribution in [3.05, 3.63) is 30.0 Å². The van der Waals surface area contributed by atoms with E-state index in [-0.39, 0.29) is 5.69 Å². The minimum absolute atomic E-state index is 0.124. The van der Waals surface area contributed by atoms with Gasteiger partial charge in [0.05, 0.1) is 12.1 Å². The first-order valence-corrected chi connectivity index (χ1v) is 4.56. The molecule has 0 fully saturated rings. The Morgan fingerprint density at radius 2 is 2.07 bits per heavy atom. The molecular weight excluding hydrogens is 200 g/mol. The van der Waals surface area contributed by atoms with Crippen molar-refractivity contribution in [3.8, 4) is 0 Å². The fourth-order valence-corrected chi connectivity index (χ4v) is 1.68. The van der Waals surface area contributed by atoms with Gasteiger partial charge in [-0.15, -0.1) is 0 Å². The maximum atomic E-state index is 13.5. The maximum Gasteiger partial charge on any atom is 0.301 e. The Balaban J connectivity index is 2.74. The van der Waals surface area contributed by atoms with E-state index in [1.54, 1.807) is 24.3 Å². The van der Waals surface area contributed by atoms with Crippen LogP contribution in [0.3, 0.4) is 0 Å². The zero-order valence-corrected chi connectivity index (χ0v) is 8.24. The lowest BCUT2D eigenvalue weighted by Gasteiger charge is -2.14. The summed E-state index contributed by atoms with van der Waals surface area (Å²) in [4.78, 5) is 0. The topological polar surface area (TPSA) is 43.8 Å². The largest absolute Gasteiger partial charge is 0.325 e. The molecule has 0 saturated heterocycles. The summed E-state index contributed by atoms with van der Waals surface area (Å²) >= 11 is 0. The first-order chi connectivity index (χ1) is 7.06. The number of alkyl halides is 2. The average molecular weight is 211 g/mol. The number of hydrogen-bond donors (Lipinski definition) is 1. The predicted molar refractivity (Wildman–Crippen MR) is 53.7 cm³/mol. The van der Waals surface area contributed by atoms with Crippen molar-refractivity contribution >= 4 is 10.9 Å². The lowest BCUT2D eigenvalue weighted by atomic mass is 10.1. The highest BCUT2D eigenvalue weighted by molar-refractivity contribution is 5.82. The van der Waals surface area contributed by atoms with Crippen LogP contribution in [0.25, 0.3) is 10.9 Å². The van der Waals surface area contributed by atoms with E-state index in [4.69, 9.17) is 5.73 Å². The quantitative estimate of drug-likeness (QED) is 0.820. The number of nitrogens with zero attached hydrogens (tertiary/aromatic N) is 2. The normalized spacial score (nSPS) is 12.3. The second-order valence-electron chi connectivity index (χ2n) is 3.40. The summed E-state index contributed by atoms with van der Waals surface area (Å²) < 4.78 is 28.2. The molecule has 1 aromatic heterocycles. The molecule has 0 spiro atoms. The Kier molecular flexibility index (Phi) is 2.19. The van der Waals surface area contributed by atoms with Crippen molar-refractivity contribution in [1.82, 2.24) is 9.78 Å². The molecule has 5 heteroatoms. The molecule has 0 amide bonds. The molecule has 1 aromatic carbocycles. The van der Waals surface area contributed by atoms with Crippen LogP contribution in [0.4, 0.5) is 8.78 Å². The fraction of sp³-hybridized carbons (Fsp3) is 0.300. The van der Waals surface area contributed by atoms with Crippen LogP contribution in [0, 0.1) is 0 Å². The Hall–Kier alpha value is -1.49. The first-order valence-electron chi connectivity index (χ1n) is 4.56. The van der Waals surface area contributed by atoms with E-state index < -0.39 is 12.5 Å². The molecule has 0 aliphatic heterocycles. The van der Waals surface area contributed by atoms with Gasteiger partial charge in [0.1, 0.15) is 5.69 Å². The van der Waals surface area contributed by atoms with Gasteiger partial charge < -0.3 is 5.73 Å². The van der Waals surface area contributed by atoms with Gasteiger partial charge in [-0.05, 0) is 6.07 Å². The molecular formula is C10H11F2N3. The number of aromatic nitrogens is 2. The molecule has 15 heavy (non-hydrogen) atoms. The van der Waals surface area contributed by atoms with Crippen LogP contribution in [0.2, 0.25) is 0 Å². The van der Waals surface area contributed by atoms with Crippen molar-refractivity contribution < 1.29 is 8.78 Å². The molecule has 0 aliphatic carbocycles. The lowest BCUT2D eigenvalue weighted by molar-refractivity contribution is -0.000847. The molecule has 0 unspecified atom stereocenters. The highest BCUT2D eigenvalue weighted by Gasteiger charge is 2.35. The zero-order chi connectivity index (χ0) is 11.1. The third-order valence-corrected chi connectivity index (χ3v) is 2.34. The van der Waals surface area contributed by atoms with Crippen molar-refractivity contribution in [2.75, 3.05) is 6.54 Å². The van der Waals surface area contributed by atoms with Crippen LogP contribution in [0.1, 0.15) is 5.69 Å². The van der Waals surface area contributed by atoms with Gasteiger partial charge in [-0.2, -0.15) is 13.9 Å². The predicted octanol–water partition coefficient (Wildman–Crippen LogP) is 1.62. The summed E-state index contributed by atoms with van der Waals surface area (Å²) in [7, 11) is 1.50. The Morgan fingerprint density at radius 1 is 1.40 bits per heavy atom.